The van der Waals surface area contributed by atoms with Crippen molar-refractivity contribution >= 4 is 21.6 Å². The van der Waals surface area contributed by atoms with Gasteiger partial charge in [-0.3, -0.25) is 9.78 Å². The first-order chi connectivity index (χ1) is 11.6. The molecule has 7 heteroatoms. The molecule has 1 aromatic carbocycles. The zero-order chi connectivity index (χ0) is 18.4. The van der Waals surface area contributed by atoms with Crippen LogP contribution >= 0.6 is 0 Å². The lowest BCUT2D eigenvalue weighted by molar-refractivity contribution is -0.118. The Morgan fingerprint density at radius 2 is 1.84 bits per heavy atom. The summed E-state index contributed by atoms with van der Waals surface area (Å²) in [5, 5.41) is 8.08. The minimum atomic E-state index is -3.72. The average molecular weight is 359 g/mol. The van der Waals surface area contributed by atoms with Crippen LogP contribution in [0, 0.1) is 18.3 Å². The van der Waals surface area contributed by atoms with Crippen LogP contribution in [0.15, 0.2) is 47.5 Å². The van der Waals surface area contributed by atoms with E-state index in [1.54, 1.807) is 24.4 Å². The van der Waals surface area contributed by atoms with E-state index in [4.69, 9.17) is 5.14 Å². The van der Waals surface area contributed by atoms with Gasteiger partial charge in [0.25, 0.3) is 0 Å². The molecule has 132 valence electrons. The Morgan fingerprint density at radius 3 is 2.40 bits per heavy atom. The van der Waals surface area contributed by atoms with Crippen LogP contribution in [0.2, 0.25) is 0 Å². The molecule has 1 aromatic heterocycles. The van der Waals surface area contributed by atoms with Gasteiger partial charge in [-0.05, 0) is 42.2 Å². The third-order valence-electron chi connectivity index (χ3n) is 4.94. The van der Waals surface area contributed by atoms with E-state index in [2.05, 4.69) is 10.3 Å². The molecule has 1 aliphatic carbocycles. The minimum absolute atomic E-state index is 0.0269. The molecule has 1 saturated carbocycles. The quantitative estimate of drug-likeness (QED) is 0.875. The van der Waals surface area contributed by atoms with E-state index in [-0.39, 0.29) is 28.1 Å². The molecule has 3 rings (SSSR count). The second kappa shape index (κ2) is 5.93. The zero-order valence-electron chi connectivity index (χ0n) is 14.4. The molecular weight excluding hydrogens is 338 g/mol. The number of nitrogens with zero attached hydrogens (tertiary/aromatic N) is 1. The van der Waals surface area contributed by atoms with Crippen molar-refractivity contribution in [3.63, 3.8) is 0 Å². The molecule has 0 radical (unpaired) electrons. The number of hydrogen-bond acceptors (Lipinski definition) is 4. The number of aromatic nitrogens is 1. The Morgan fingerprint density at radius 1 is 1.20 bits per heavy atom. The van der Waals surface area contributed by atoms with E-state index >= 15 is 0 Å². The maximum atomic E-state index is 12.7. The Bertz CT molecular complexity index is 921. The number of rotatable bonds is 4. The Kier molecular flexibility index (Phi) is 4.17. The summed E-state index contributed by atoms with van der Waals surface area (Å²) < 4.78 is 22.7. The maximum absolute atomic E-state index is 12.7. The van der Waals surface area contributed by atoms with Gasteiger partial charge in [0.1, 0.15) is 0 Å². The monoisotopic (exact) mass is 359 g/mol. The number of nitrogens with two attached hydrogens (primary N) is 1. The number of benzene rings is 1. The largest absolute Gasteiger partial charge is 0.324 e. The Balaban J connectivity index is 1.80. The van der Waals surface area contributed by atoms with Crippen LogP contribution in [0.1, 0.15) is 31.0 Å². The molecule has 2 atom stereocenters. The van der Waals surface area contributed by atoms with Gasteiger partial charge in [-0.25, -0.2) is 13.6 Å². The highest BCUT2D eigenvalue weighted by Crippen LogP contribution is 2.64. The normalized spacial score (nSPS) is 21.6. The van der Waals surface area contributed by atoms with Crippen LogP contribution in [0.25, 0.3) is 0 Å². The fourth-order valence-corrected chi connectivity index (χ4v) is 3.96. The lowest BCUT2D eigenvalue weighted by Crippen LogP contribution is -2.17. The number of primary sulfonamides is 1. The molecule has 1 aliphatic rings. The summed E-state index contributed by atoms with van der Waals surface area (Å²) in [5.41, 5.74) is 2.20. The smallest absolute Gasteiger partial charge is 0.238 e. The highest BCUT2D eigenvalue weighted by atomic mass is 32.2. The van der Waals surface area contributed by atoms with E-state index in [1.807, 2.05) is 26.8 Å². The van der Waals surface area contributed by atoms with E-state index < -0.39 is 10.0 Å². The van der Waals surface area contributed by atoms with E-state index in [9.17, 15) is 13.2 Å². The maximum Gasteiger partial charge on any atom is 0.238 e. The second-order valence-electron chi connectivity index (χ2n) is 7.02. The van der Waals surface area contributed by atoms with Crippen LogP contribution in [0.5, 0.6) is 0 Å². The molecule has 3 N–H and O–H groups in total. The highest BCUT2D eigenvalue weighted by molar-refractivity contribution is 7.89. The number of nitrogens with one attached hydrogen (secondary N) is 1. The molecular formula is C18H21N3O3S. The number of anilines is 1. The number of pyridine rings is 1. The fourth-order valence-electron chi connectivity index (χ4n) is 3.44. The molecule has 1 amide bonds. The van der Waals surface area contributed by atoms with Gasteiger partial charge in [0.05, 0.1) is 22.2 Å². The van der Waals surface area contributed by atoms with Crippen LogP contribution in [0.3, 0.4) is 0 Å². The predicted octanol–water partition coefficient (Wildman–Crippen LogP) is 2.42. The number of amides is 1. The number of aryl methyl sites for hydroxylation is 1. The molecule has 2 aromatic rings. The van der Waals surface area contributed by atoms with Gasteiger partial charge in [-0.2, -0.15) is 0 Å². The van der Waals surface area contributed by atoms with Crippen molar-refractivity contribution in [2.75, 3.05) is 5.32 Å². The summed E-state index contributed by atoms with van der Waals surface area (Å²) in [6.45, 7) is 5.91. The Labute approximate surface area is 147 Å². The van der Waals surface area contributed by atoms with Gasteiger partial charge in [0.15, 0.2) is 0 Å². The molecule has 0 bridgehead atoms. The van der Waals surface area contributed by atoms with E-state index in [0.29, 0.717) is 5.69 Å². The van der Waals surface area contributed by atoms with Gasteiger partial charge >= 0.3 is 0 Å². The molecule has 6 nitrogen and oxygen atoms in total. The minimum Gasteiger partial charge on any atom is -0.324 e. The first kappa shape index (κ1) is 17.6. The first-order valence-corrected chi connectivity index (χ1v) is 9.52. The van der Waals surface area contributed by atoms with Gasteiger partial charge < -0.3 is 5.32 Å². The molecule has 1 heterocycles. The molecule has 25 heavy (non-hydrogen) atoms. The summed E-state index contributed by atoms with van der Waals surface area (Å²) in [6, 6.07) is 10.0. The number of carbonyl (C=O) groups excluding carboxylic acids is 1. The van der Waals surface area contributed by atoms with E-state index in [0.717, 1.165) is 11.3 Å². The van der Waals surface area contributed by atoms with Crippen molar-refractivity contribution in [2.45, 2.75) is 31.6 Å². The first-order valence-electron chi connectivity index (χ1n) is 7.97. The van der Waals surface area contributed by atoms with Crippen molar-refractivity contribution in [1.29, 1.82) is 0 Å². The standard InChI is InChI=1S/C18H21N3O3S/c1-11-14(5-4-10-20-11)21-17(22)16-15(18(16,2)3)12-6-8-13(9-7-12)25(19,23)24/h4-10,15-16H,1-3H3,(H,21,22)(H2,19,23,24). The molecule has 0 spiro atoms. The van der Waals surface area contributed by atoms with E-state index in [1.165, 1.54) is 12.1 Å². The van der Waals surface area contributed by atoms with Crippen LogP contribution < -0.4 is 10.5 Å². The SMILES string of the molecule is Cc1ncccc1NC(=O)C1C(c2ccc(S(N)(=O)=O)cc2)C1(C)C. The summed E-state index contributed by atoms with van der Waals surface area (Å²) in [6.07, 6.45) is 1.68. The van der Waals surface area contributed by atoms with Crippen molar-refractivity contribution in [3.8, 4) is 0 Å². The summed E-state index contributed by atoms with van der Waals surface area (Å²) in [7, 11) is -3.72. The van der Waals surface area contributed by atoms with Gasteiger partial charge in [0.2, 0.25) is 15.9 Å². The highest BCUT2D eigenvalue weighted by Gasteiger charge is 2.62. The third kappa shape index (κ3) is 3.29. The van der Waals surface area contributed by atoms with Gasteiger partial charge in [0, 0.05) is 12.1 Å². The molecule has 0 saturated heterocycles. The molecule has 2 unspecified atom stereocenters. The zero-order valence-corrected chi connectivity index (χ0v) is 15.2. The van der Waals surface area contributed by atoms with Crippen LogP contribution in [0.4, 0.5) is 5.69 Å². The Hall–Kier alpha value is -2.25. The van der Waals surface area contributed by atoms with Crippen LogP contribution in [-0.2, 0) is 14.8 Å². The van der Waals surface area contributed by atoms with Crippen molar-refractivity contribution in [1.82, 2.24) is 4.98 Å². The fraction of sp³-hybridized carbons (Fsp3) is 0.333. The summed E-state index contributed by atoms with van der Waals surface area (Å²) in [5.74, 6) is -0.215. The van der Waals surface area contributed by atoms with Crippen molar-refractivity contribution in [3.05, 3.63) is 53.9 Å². The van der Waals surface area contributed by atoms with Crippen LogP contribution in [-0.4, -0.2) is 19.3 Å². The average Bonchev–Trinajstić information content (AvgIpc) is 3.11. The number of sulfonamides is 1. The topological polar surface area (TPSA) is 102 Å². The van der Waals surface area contributed by atoms with Gasteiger partial charge in [-0.1, -0.05) is 26.0 Å². The van der Waals surface area contributed by atoms with Crippen molar-refractivity contribution in [2.24, 2.45) is 16.5 Å². The molecule has 0 aliphatic heterocycles. The second-order valence-corrected chi connectivity index (χ2v) is 8.58. The summed E-state index contributed by atoms with van der Waals surface area (Å²) >= 11 is 0. The number of hydrogen-bond donors (Lipinski definition) is 2. The van der Waals surface area contributed by atoms with Gasteiger partial charge in [-0.15, -0.1) is 0 Å². The third-order valence-corrected chi connectivity index (χ3v) is 5.87. The lowest BCUT2D eigenvalue weighted by atomic mass is 10.0. The predicted molar refractivity (Wildman–Crippen MR) is 95.4 cm³/mol. The lowest BCUT2D eigenvalue weighted by Gasteiger charge is -2.08. The summed E-state index contributed by atoms with van der Waals surface area (Å²) in [4.78, 5) is 16.9. The molecule has 1 fully saturated rings. The number of carbonyl (C=O) groups is 1. The van der Waals surface area contributed by atoms with Crippen molar-refractivity contribution < 1.29 is 13.2 Å².